The van der Waals surface area contributed by atoms with Gasteiger partial charge in [-0.3, -0.25) is 9.97 Å². The highest BCUT2D eigenvalue weighted by molar-refractivity contribution is 6.21. The largest absolute Gasteiger partial charge is 0.265 e. The lowest BCUT2D eigenvalue weighted by Gasteiger charge is -2.17. The summed E-state index contributed by atoms with van der Waals surface area (Å²) in [7, 11) is 0. The zero-order chi connectivity index (χ0) is 17.3. The maximum Gasteiger partial charge on any atom is 0.0273 e. The predicted molar refractivity (Wildman–Crippen MR) is 122 cm³/mol. The molecule has 0 unspecified atom stereocenters. The molecule has 0 amide bonds. The van der Waals surface area contributed by atoms with Crippen LogP contribution in [0.2, 0.25) is 0 Å². The lowest BCUT2D eigenvalue weighted by molar-refractivity contribution is 1.33. The van der Waals surface area contributed by atoms with Crippen molar-refractivity contribution in [1.82, 2.24) is 9.97 Å². The minimum absolute atomic E-state index is 0. The third-order valence-corrected chi connectivity index (χ3v) is 4.87. The van der Waals surface area contributed by atoms with Crippen molar-refractivity contribution in [3.8, 4) is 22.3 Å². The maximum atomic E-state index is 4.19. The summed E-state index contributed by atoms with van der Waals surface area (Å²) in [5.41, 5.74) is 4.90. The molecule has 2 heterocycles. The first-order valence-electron chi connectivity index (χ1n) is 8.68. The fourth-order valence-corrected chi connectivity index (χ4v) is 3.79. The van der Waals surface area contributed by atoms with E-state index < -0.39 is 0 Å². The Morgan fingerprint density at radius 1 is 0.393 bits per heavy atom. The van der Waals surface area contributed by atoms with Crippen LogP contribution in [0.25, 0.3) is 43.8 Å². The molecule has 0 radical (unpaired) electrons. The third-order valence-electron chi connectivity index (χ3n) is 4.87. The summed E-state index contributed by atoms with van der Waals surface area (Å²) in [6.45, 7) is 0. The predicted octanol–water partition coefficient (Wildman–Crippen LogP) is 6.96. The van der Waals surface area contributed by atoms with Crippen molar-refractivity contribution >= 4 is 46.4 Å². The lowest BCUT2D eigenvalue weighted by atomic mass is 9.86. The first kappa shape index (κ1) is 19.8. The number of benzene rings is 3. The fraction of sp³-hybridized carbons (Fsp3) is 0. The van der Waals surface area contributed by atoms with Gasteiger partial charge >= 0.3 is 0 Å². The van der Waals surface area contributed by atoms with Gasteiger partial charge in [-0.25, -0.2) is 0 Å². The van der Waals surface area contributed by atoms with Crippen LogP contribution in [0.4, 0.5) is 0 Å². The minimum atomic E-state index is 0. The molecule has 0 fully saturated rings. The van der Waals surface area contributed by atoms with Crippen molar-refractivity contribution < 1.29 is 0 Å². The third kappa shape index (κ3) is 3.22. The number of nitrogens with zero attached hydrogens (tertiary/aromatic N) is 2. The molecule has 2 aromatic heterocycles. The van der Waals surface area contributed by atoms with Crippen LogP contribution in [0, 0.1) is 0 Å². The van der Waals surface area contributed by atoms with E-state index >= 15 is 0 Å². The molecule has 0 saturated heterocycles. The summed E-state index contributed by atoms with van der Waals surface area (Å²) < 4.78 is 0. The molecule has 4 heteroatoms. The van der Waals surface area contributed by atoms with Gasteiger partial charge in [-0.05, 0) is 68.1 Å². The maximum absolute atomic E-state index is 4.19. The van der Waals surface area contributed by atoms with E-state index in [0.29, 0.717) is 0 Å². The van der Waals surface area contributed by atoms with Crippen molar-refractivity contribution in [3.63, 3.8) is 0 Å². The average molecular weight is 405 g/mol. The number of aromatic nitrogens is 2. The van der Waals surface area contributed by atoms with Crippen LogP contribution in [-0.4, -0.2) is 9.97 Å². The van der Waals surface area contributed by atoms with Crippen molar-refractivity contribution in [3.05, 3.63) is 97.6 Å². The molecule has 0 atom stereocenters. The van der Waals surface area contributed by atoms with Crippen LogP contribution in [-0.2, 0) is 0 Å². The topological polar surface area (TPSA) is 25.8 Å². The molecule has 28 heavy (non-hydrogen) atoms. The van der Waals surface area contributed by atoms with Gasteiger partial charge in [-0.2, -0.15) is 0 Å². The van der Waals surface area contributed by atoms with Crippen LogP contribution in [0.15, 0.2) is 97.6 Å². The van der Waals surface area contributed by atoms with Gasteiger partial charge in [0, 0.05) is 24.8 Å². The summed E-state index contributed by atoms with van der Waals surface area (Å²) in [5.74, 6) is 0. The Bertz CT molecular complexity index is 1070. The Kier molecular flexibility index (Phi) is 5.93. The molecule has 5 rings (SSSR count). The molecule has 3 aromatic carbocycles. The van der Waals surface area contributed by atoms with Gasteiger partial charge in [0.1, 0.15) is 0 Å². The lowest BCUT2D eigenvalue weighted by Crippen LogP contribution is -1.90. The van der Waals surface area contributed by atoms with E-state index in [1.165, 1.54) is 43.8 Å². The molecular formula is C24H18Cl2N2. The molecule has 5 aromatic rings. The molecule has 0 spiro atoms. The van der Waals surface area contributed by atoms with E-state index in [2.05, 4.69) is 82.8 Å². The second kappa shape index (κ2) is 8.39. The van der Waals surface area contributed by atoms with Crippen LogP contribution in [0.5, 0.6) is 0 Å². The zero-order valence-corrected chi connectivity index (χ0v) is 16.6. The van der Waals surface area contributed by atoms with Crippen LogP contribution in [0.1, 0.15) is 0 Å². The average Bonchev–Trinajstić information content (AvgIpc) is 2.73. The van der Waals surface area contributed by atoms with Gasteiger partial charge in [0.05, 0.1) is 0 Å². The van der Waals surface area contributed by atoms with Crippen LogP contribution in [0.3, 0.4) is 0 Å². The highest BCUT2D eigenvalue weighted by Gasteiger charge is 2.15. The van der Waals surface area contributed by atoms with E-state index in [1.54, 1.807) is 0 Å². The van der Waals surface area contributed by atoms with Gasteiger partial charge in [0.15, 0.2) is 0 Å². The quantitative estimate of drug-likeness (QED) is 0.297. The number of fused-ring (bicyclic) bond motifs is 2. The molecule has 0 N–H and O–H groups in total. The van der Waals surface area contributed by atoms with Gasteiger partial charge in [-0.1, -0.05) is 48.5 Å². The smallest absolute Gasteiger partial charge is 0.0273 e. The van der Waals surface area contributed by atoms with Gasteiger partial charge in [0.25, 0.3) is 0 Å². The van der Waals surface area contributed by atoms with Gasteiger partial charge in [0.2, 0.25) is 0 Å². The van der Waals surface area contributed by atoms with E-state index in [0.717, 1.165) is 0 Å². The Labute approximate surface area is 176 Å². The monoisotopic (exact) mass is 404 g/mol. The van der Waals surface area contributed by atoms with Crippen molar-refractivity contribution in [2.45, 2.75) is 0 Å². The molecule has 0 bridgehead atoms. The number of hydrogen-bond donors (Lipinski definition) is 0. The Hall–Kier alpha value is -2.94. The van der Waals surface area contributed by atoms with Crippen molar-refractivity contribution in [1.29, 1.82) is 0 Å². The second-order valence-electron chi connectivity index (χ2n) is 6.31. The van der Waals surface area contributed by atoms with Crippen molar-refractivity contribution in [2.75, 3.05) is 0 Å². The van der Waals surface area contributed by atoms with Crippen LogP contribution >= 0.6 is 24.8 Å². The Morgan fingerprint density at radius 3 is 0.964 bits per heavy atom. The first-order valence-corrected chi connectivity index (χ1v) is 8.68. The van der Waals surface area contributed by atoms with Crippen LogP contribution < -0.4 is 0 Å². The second-order valence-corrected chi connectivity index (χ2v) is 6.31. The van der Waals surface area contributed by atoms with Gasteiger partial charge in [-0.15, -0.1) is 24.8 Å². The SMILES string of the molecule is Cl.Cl.c1ccc2c(-c3ccncc3)c3ccccc3c(-c3ccncc3)c2c1. The zero-order valence-electron chi connectivity index (χ0n) is 14.9. The summed E-state index contributed by atoms with van der Waals surface area (Å²) in [4.78, 5) is 8.38. The molecule has 0 aliphatic rings. The molecule has 0 aliphatic heterocycles. The fourth-order valence-electron chi connectivity index (χ4n) is 3.79. The number of pyridine rings is 2. The van der Waals surface area contributed by atoms with E-state index in [9.17, 15) is 0 Å². The molecule has 138 valence electrons. The highest BCUT2D eigenvalue weighted by atomic mass is 35.5. The van der Waals surface area contributed by atoms with E-state index in [4.69, 9.17) is 0 Å². The minimum Gasteiger partial charge on any atom is -0.265 e. The summed E-state index contributed by atoms with van der Waals surface area (Å²) in [6.07, 6.45) is 7.43. The molecule has 0 saturated carbocycles. The number of hydrogen-bond acceptors (Lipinski definition) is 2. The Balaban J connectivity index is 0.00000112. The van der Waals surface area contributed by atoms with Crippen molar-refractivity contribution in [2.24, 2.45) is 0 Å². The summed E-state index contributed by atoms with van der Waals surface area (Å²) >= 11 is 0. The molecule has 0 aliphatic carbocycles. The van der Waals surface area contributed by atoms with E-state index in [-0.39, 0.29) is 24.8 Å². The normalized spacial score (nSPS) is 10.3. The van der Waals surface area contributed by atoms with E-state index in [1.807, 2.05) is 24.8 Å². The molecule has 2 nitrogen and oxygen atoms in total. The first-order chi connectivity index (χ1) is 12.9. The summed E-state index contributed by atoms with van der Waals surface area (Å²) in [6, 6.07) is 25.6. The number of rotatable bonds is 2. The number of halogens is 2. The standard InChI is InChI=1S/C24H16N2.2ClH/c1-2-6-20-19(5-1)23(17-9-13-25-14-10-17)21-7-3-4-8-22(21)24(20)18-11-15-26-16-12-18;;/h1-16H;2*1H. The van der Waals surface area contributed by atoms with Gasteiger partial charge < -0.3 is 0 Å². The summed E-state index contributed by atoms with van der Waals surface area (Å²) in [5, 5.41) is 5.02. The Morgan fingerprint density at radius 2 is 0.679 bits per heavy atom. The molecular weight excluding hydrogens is 387 g/mol. The highest BCUT2D eigenvalue weighted by Crippen LogP contribution is 2.43.